The van der Waals surface area contributed by atoms with Crippen molar-refractivity contribution in [2.24, 2.45) is 0 Å². The molecule has 0 spiro atoms. The third-order valence-corrected chi connectivity index (χ3v) is 5.22. The average Bonchev–Trinajstić information content (AvgIpc) is 2.59. The Morgan fingerprint density at radius 2 is 2.12 bits per heavy atom. The highest BCUT2D eigenvalue weighted by molar-refractivity contribution is 7.91. The van der Waals surface area contributed by atoms with E-state index in [1.807, 2.05) is 0 Å². The summed E-state index contributed by atoms with van der Waals surface area (Å²) in [6, 6.07) is -0.217. The number of hydrogen-bond donors (Lipinski definition) is 1. The van der Waals surface area contributed by atoms with E-state index in [0.29, 0.717) is 13.0 Å². The van der Waals surface area contributed by atoms with Gasteiger partial charge in [0, 0.05) is 12.6 Å². The molecule has 0 aromatic heterocycles. The highest BCUT2D eigenvalue weighted by Gasteiger charge is 2.38. The number of likely N-dealkylation sites (tertiary alicyclic amines) is 1. The molecule has 0 saturated carbocycles. The minimum atomic E-state index is -2.91. The molecule has 2 atom stereocenters. The van der Waals surface area contributed by atoms with Gasteiger partial charge in [0.15, 0.2) is 9.84 Å². The van der Waals surface area contributed by atoms with Crippen LogP contribution in [-0.4, -0.2) is 56.4 Å². The van der Waals surface area contributed by atoms with E-state index in [2.05, 4.69) is 5.32 Å². The van der Waals surface area contributed by atoms with Gasteiger partial charge in [-0.2, -0.15) is 0 Å². The van der Waals surface area contributed by atoms with Gasteiger partial charge in [-0.1, -0.05) is 0 Å². The number of likely N-dealkylation sites (N-methyl/N-ethyl adjacent to an activating group) is 1. The molecule has 5 nitrogen and oxygen atoms in total. The van der Waals surface area contributed by atoms with E-state index in [1.54, 1.807) is 11.9 Å². The number of carbonyl (C=O) groups is 1. The first kappa shape index (κ1) is 11.9. The second-order valence-corrected chi connectivity index (χ2v) is 6.80. The van der Waals surface area contributed by atoms with Crippen LogP contribution in [0.25, 0.3) is 0 Å². The van der Waals surface area contributed by atoms with Gasteiger partial charge < -0.3 is 10.2 Å². The van der Waals surface area contributed by atoms with Gasteiger partial charge in [0.2, 0.25) is 5.91 Å². The third kappa shape index (κ3) is 2.22. The molecule has 0 aromatic rings. The Balaban J connectivity index is 2.07. The molecule has 0 aliphatic carbocycles. The largest absolute Gasteiger partial charge is 0.337 e. The van der Waals surface area contributed by atoms with Gasteiger partial charge >= 0.3 is 0 Å². The van der Waals surface area contributed by atoms with Crippen LogP contribution in [0.3, 0.4) is 0 Å². The summed E-state index contributed by atoms with van der Waals surface area (Å²) in [7, 11) is -1.13. The Kier molecular flexibility index (Phi) is 3.21. The maximum Gasteiger partial charge on any atom is 0.239 e. The van der Waals surface area contributed by atoms with Crippen molar-refractivity contribution in [3.05, 3.63) is 0 Å². The predicted octanol–water partition coefficient (Wildman–Crippen LogP) is -0.616. The summed E-state index contributed by atoms with van der Waals surface area (Å²) in [5, 5.41) is 2.99. The molecule has 1 N–H and O–H groups in total. The molecule has 2 rings (SSSR count). The van der Waals surface area contributed by atoms with Crippen molar-refractivity contribution in [3.8, 4) is 0 Å². The molecule has 2 heterocycles. The van der Waals surface area contributed by atoms with Crippen molar-refractivity contribution >= 4 is 15.7 Å². The Morgan fingerprint density at radius 1 is 1.38 bits per heavy atom. The molecule has 1 amide bonds. The van der Waals surface area contributed by atoms with Crippen LogP contribution in [0.4, 0.5) is 0 Å². The Morgan fingerprint density at radius 3 is 2.69 bits per heavy atom. The standard InChI is InChI=1S/C10H18N2O3S/c1-11-9-3-2-5-12(10(9)13)8-4-6-16(14,15)7-8/h8-9,11H,2-7H2,1H3. The van der Waals surface area contributed by atoms with E-state index in [9.17, 15) is 13.2 Å². The lowest BCUT2D eigenvalue weighted by molar-refractivity contribution is -0.137. The summed E-state index contributed by atoms with van der Waals surface area (Å²) in [5.74, 6) is 0.441. The van der Waals surface area contributed by atoms with Crippen LogP contribution in [0.2, 0.25) is 0 Å². The average molecular weight is 246 g/mol. The maximum absolute atomic E-state index is 12.0. The van der Waals surface area contributed by atoms with Crippen molar-refractivity contribution in [1.29, 1.82) is 0 Å². The lowest BCUT2D eigenvalue weighted by Gasteiger charge is -2.35. The number of hydrogen-bond acceptors (Lipinski definition) is 4. The van der Waals surface area contributed by atoms with E-state index in [4.69, 9.17) is 0 Å². The SMILES string of the molecule is CNC1CCCN(C2CCS(=O)(=O)C2)C1=O. The highest BCUT2D eigenvalue weighted by Crippen LogP contribution is 2.22. The van der Waals surface area contributed by atoms with E-state index in [-0.39, 0.29) is 29.5 Å². The molecule has 0 radical (unpaired) electrons. The quantitative estimate of drug-likeness (QED) is 0.705. The fraction of sp³-hybridized carbons (Fsp3) is 0.900. The van der Waals surface area contributed by atoms with Gasteiger partial charge in [-0.15, -0.1) is 0 Å². The van der Waals surface area contributed by atoms with Crippen molar-refractivity contribution in [2.75, 3.05) is 25.1 Å². The van der Waals surface area contributed by atoms with Crippen LogP contribution in [0, 0.1) is 0 Å². The zero-order valence-corrected chi connectivity index (χ0v) is 10.3. The minimum Gasteiger partial charge on any atom is -0.337 e. The Labute approximate surface area is 96.1 Å². The molecule has 2 unspecified atom stereocenters. The number of amides is 1. The van der Waals surface area contributed by atoms with Crippen LogP contribution in [0.5, 0.6) is 0 Å². The molecule has 6 heteroatoms. The maximum atomic E-state index is 12.0. The first-order valence-electron chi connectivity index (χ1n) is 5.71. The van der Waals surface area contributed by atoms with Crippen LogP contribution in [0.15, 0.2) is 0 Å². The molecule has 2 aliphatic rings. The zero-order chi connectivity index (χ0) is 11.8. The monoisotopic (exact) mass is 246 g/mol. The first-order chi connectivity index (χ1) is 7.53. The zero-order valence-electron chi connectivity index (χ0n) is 9.48. The van der Waals surface area contributed by atoms with Crippen LogP contribution in [-0.2, 0) is 14.6 Å². The summed E-state index contributed by atoms with van der Waals surface area (Å²) in [6.45, 7) is 0.706. The van der Waals surface area contributed by atoms with Gasteiger partial charge in [-0.25, -0.2) is 8.42 Å². The third-order valence-electron chi connectivity index (χ3n) is 3.47. The fourth-order valence-corrected chi connectivity index (χ4v) is 4.28. The van der Waals surface area contributed by atoms with Crippen LogP contribution in [0.1, 0.15) is 19.3 Å². The van der Waals surface area contributed by atoms with E-state index in [0.717, 1.165) is 12.8 Å². The first-order valence-corrected chi connectivity index (χ1v) is 7.54. The normalized spacial score (nSPS) is 34.3. The molecule has 0 aromatic carbocycles. The molecule has 2 aliphatic heterocycles. The molecule has 16 heavy (non-hydrogen) atoms. The summed E-state index contributed by atoms with van der Waals surface area (Å²) >= 11 is 0. The highest BCUT2D eigenvalue weighted by atomic mass is 32.2. The van der Waals surface area contributed by atoms with Gasteiger partial charge in [-0.05, 0) is 26.3 Å². The summed E-state index contributed by atoms with van der Waals surface area (Å²) in [4.78, 5) is 13.8. The number of nitrogens with one attached hydrogen (secondary N) is 1. The van der Waals surface area contributed by atoms with Crippen LogP contribution >= 0.6 is 0 Å². The molecular weight excluding hydrogens is 228 g/mol. The molecule has 92 valence electrons. The number of nitrogens with zero attached hydrogens (tertiary/aromatic N) is 1. The van der Waals surface area contributed by atoms with Crippen molar-refractivity contribution in [3.63, 3.8) is 0 Å². The van der Waals surface area contributed by atoms with Gasteiger partial charge in [-0.3, -0.25) is 4.79 Å². The summed E-state index contributed by atoms with van der Waals surface area (Å²) in [5.41, 5.74) is 0. The number of sulfone groups is 1. The predicted molar refractivity (Wildman–Crippen MR) is 60.9 cm³/mol. The second-order valence-electron chi connectivity index (χ2n) is 4.57. The van der Waals surface area contributed by atoms with Crippen molar-refractivity contribution in [2.45, 2.75) is 31.3 Å². The Hall–Kier alpha value is -0.620. The molecule has 0 bridgehead atoms. The second kappa shape index (κ2) is 4.33. The van der Waals surface area contributed by atoms with E-state index < -0.39 is 9.84 Å². The van der Waals surface area contributed by atoms with E-state index in [1.165, 1.54) is 0 Å². The lowest BCUT2D eigenvalue weighted by atomic mass is 10.0. The number of carbonyl (C=O) groups excluding carboxylic acids is 1. The molecular formula is C10H18N2O3S. The molecule has 2 fully saturated rings. The van der Waals surface area contributed by atoms with Crippen molar-refractivity contribution in [1.82, 2.24) is 10.2 Å². The topological polar surface area (TPSA) is 66.5 Å². The number of rotatable bonds is 2. The van der Waals surface area contributed by atoms with Crippen LogP contribution < -0.4 is 5.32 Å². The lowest BCUT2D eigenvalue weighted by Crippen LogP contribution is -2.53. The molecule has 2 saturated heterocycles. The summed E-state index contributed by atoms with van der Waals surface area (Å²) < 4.78 is 22.8. The summed E-state index contributed by atoms with van der Waals surface area (Å²) in [6.07, 6.45) is 2.41. The minimum absolute atomic E-state index is 0.0656. The van der Waals surface area contributed by atoms with Gasteiger partial charge in [0.05, 0.1) is 17.5 Å². The van der Waals surface area contributed by atoms with Gasteiger partial charge in [0.25, 0.3) is 0 Å². The number of piperidine rings is 1. The van der Waals surface area contributed by atoms with Gasteiger partial charge in [0.1, 0.15) is 0 Å². The van der Waals surface area contributed by atoms with Crippen molar-refractivity contribution < 1.29 is 13.2 Å². The fourth-order valence-electron chi connectivity index (χ4n) is 2.55. The smallest absolute Gasteiger partial charge is 0.239 e. The Bertz CT molecular complexity index is 380. The van der Waals surface area contributed by atoms with E-state index >= 15 is 0 Å².